The lowest BCUT2D eigenvalue weighted by atomic mass is 9.97. The molecule has 5 N–H and O–H groups in total. The van der Waals surface area contributed by atoms with E-state index in [1.165, 1.54) is 12.1 Å². The van der Waals surface area contributed by atoms with Crippen LogP contribution in [0.2, 0.25) is 0 Å². The Kier molecular flexibility index (Phi) is 7.77. The van der Waals surface area contributed by atoms with Gasteiger partial charge in [-0.1, -0.05) is 19.9 Å². The number of rotatable bonds is 8. The number of nitrogens with zero attached hydrogens (tertiary/aromatic N) is 2. The van der Waals surface area contributed by atoms with Crippen molar-refractivity contribution in [2.75, 3.05) is 25.1 Å². The average molecular weight is 481 g/mol. The minimum atomic E-state index is -0.515. The highest BCUT2D eigenvalue weighted by Gasteiger charge is 2.20. The number of aromatic amines is 1. The van der Waals surface area contributed by atoms with Gasteiger partial charge < -0.3 is 26.1 Å². The summed E-state index contributed by atoms with van der Waals surface area (Å²) in [6.45, 7) is 7.52. The maximum Gasteiger partial charge on any atom is 0.268 e. The number of nitrogens with two attached hydrogens (primary N) is 1. The molecule has 1 atom stereocenters. The summed E-state index contributed by atoms with van der Waals surface area (Å²) in [5.74, 6) is 0.0474. The molecular weight excluding hydrogens is 447 g/mol. The van der Waals surface area contributed by atoms with Crippen molar-refractivity contribution < 1.29 is 13.9 Å². The van der Waals surface area contributed by atoms with E-state index >= 15 is 0 Å². The highest BCUT2D eigenvalue weighted by molar-refractivity contribution is 5.94. The van der Waals surface area contributed by atoms with Crippen LogP contribution < -0.4 is 16.4 Å². The predicted octanol–water partition coefficient (Wildman–Crippen LogP) is 4.06. The van der Waals surface area contributed by atoms with Crippen LogP contribution in [0, 0.1) is 12.7 Å². The Labute approximate surface area is 204 Å². The number of aryl methyl sites for hydroxylation is 1. The van der Waals surface area contributed by atoms with Crippen LogP contribution in [0.15, 0.2) is 36.7 Å². The van der Waals surface area contributed by atoms with E-state index < -0.39 is 6.04 Å². The molecule has 0 bridgehead atoms. The van der Waals surface area contributed by atoms with E-state index in [-0.39, 0.29) is 30.2 Å². The van der Waals surface area contributed by atoms with Gasteiger partial charge in [0.05, 0.1) is 11.7 Å². The largest absolute Gasteiger partial charge is 0.381 e. The lowest BCUT2D eigenvalue weighted by Crippen LogP contribution is -2.33. The van der Waals surface area contributed by atoms with Gasteiger partial charge in [-0.05, 0) is 60.6 Å². The molecule has 1 aliphatic heterocycles. The molecule has 0 radical (unpaired) electrons. The second-order valence-corrected chi connectivity index (χ2v) is 9.29. The number of carbonyl (C=O) groups is 1. The van der Waals surface area contributed by atoms with Crippen molar-refractivity contribution in [3.8, 4) is 11.3 Å². The van der Waals surface area contributed by atoms with E-state index in [1.54, 1.807) is 18.5 Å². The van der Waals surface area contributed by atoms with Crippen molar-refractivity contribution >= 4 is 11.9 Å². The van der Waals surface area contributed by atoms with Crippen molar-refractivity contribution in [1.29, 1.82) is 0 Å². The molecule has 35 heavy (non-hydrogen) atoms. The topological polar surface area (TPSA) is 118 Å². The highest BCUT2D eigenvalue weighted by atomic mass is 19.1. The Hall–Kier alpha value is -3.30. The van der Waals surface area contributed by atoms with Gasteiger partial charge in [0.2, 0.25) is 5.95 Å². The van der Waals surface area contributed by atoms with Crippen molar-refractivity contribution in [3.63, 3.8) is 0 Å². The van der Waals surface area contributed by atoms with Gasteiger partial charge in [-0.2, -0.15) is 0 Å². The van der Waals surface area contributed by atoms with Crippen LogP contribution in [0.4, 0.5) is 10.3 Å². The highest BCUT2D eigenvalue weighted by Crippen LogP contribution is 2.25. The molecule has 8 nitrogen and oxygen atoms in total. The van der Waals surface area contributed by atoms with Crippen LogP contribution in [0.5, 0.6) is 0 Å². The Balaban J connectivity index is 1.50. The average Bonchev–Trinajstić information content (AvgIpc) is 3.34. The lowest BCUT2D eigenvalue weighted by Gasteiger charge is -2.23. The summed E-state index contributed by atoms with van der Waals surface area (Å²) < 4.78 is 19.6. The Bertz CT molecular complexity index is 1170. The molecule has 9 heteroatoms. The molecule has 3 aromatic rings. The number of nitrogens with one attached hydrogen (secondary N) is 3. The quantitative estimate of drug-likeness (QED) is 0.386. The van der Waals surface area contributed by atoms with Crippen molar-refractivity contribution in [1.82, 2.24) is 20.3 Å². The number of aromatic nitrogens is 3. The number of benzene rings is 1. The molecule has 2 aromatic heterocycles. The first-order valence-corrected chi connectivity index (χ1v) is 12.0. The number of amides is 1. The Morgan fingerprint density at radius 1 is 1.23 bits per heavy atom. The third-order valence-electron chi connectivity index (χ3n) is 6.28. The van der Waals surface area contributed by atoms with Crippen molar-refractivity contribution in [2.24, 2.45) is 5.73 Å². The molecule has 0 spiro atoms. The van der Waals surface area contributed by atoms with Gasteiger partial charge >= 0.3 is 0 Å². The first-order chi connectivity index (χ1) is 16.8. The van der Waals surface area contributed by atoms with E-state index in [4.69, 9.17) is 15.5 Å². The van der Waals surface area contributed by atoms with E-state index in [0.717, 1.165) is 48.4 Å². The fraction of sp³-hybridized carbons (Fsp3) is 0.423. The minimum Gasteiger partial charge on any atom is -0.381 e. The predicted molar refractivity (Wildman–Crippen MR) is 134 cm³/mol. The molecule has 1 aromatic carbocycles. The zero-order valence-corrected chi connectivity index (χ0v) is 20.4. The van der Waals surface area contributed by atoms with E-state index in [0.29, 0.717) is 17.2 Å². The molecule has 186 valence electrons. The van der Waals surface area contributed by atoms with Gasteiger partial charge in [0.15, 0.2) is 0 Å². The van der Waals surface area contributed by atoms with Gasteiger partial charge in [-0.15, -0.1) is 0 Å². The number of halogens is 1. The van der Waals surface area contributed by atoms with Crippen LogP contribution >= 0.6 is 0 Å². The van der Waals surface area contributed by atoms with E-state index in [2.05, 4.69) is 20.6 Å². The molecular formula is C26H33FN6O2. The number of anilines is 1. The number of hydrogen-bond acceptors (Lipinski definition) is 6. The SMILES string of the molecule is Cc1cnc(NC2CCOCC2)nc1-c1c[nH]c(C(=O)N[C@H](CN)c2cc(F)cc(C(C)C)c2)c1. The summed E-state index contributed by atoms with van der Waals surface area (Å²) in [5, 5.41) is 6.30. The fourth-order valence-electron chi connectivity index (χ4n) is 4.18. The maximum absolute atomic E-state index is 14.2. The maximum atomic E-state index is 14.2. The lowest BCUT2D eigenvalue weighted by molar-refractivity contribution is 0.0903. The third kappa shape index (κ3) is 6.04. The van der Waals surface area contributed by atoms with Gasteiger partial charge in [0, 0.05) is 43.8 Å². The van der Waals surface area contributed by atoms with Gasteiger partial charge in [-0.3, -0.25) is 4.79 Å². The zero-order valence-electron chi connectivity index (χ0n) is 20.4. The van der Waals surface area contributed by atoms with Gasteiger partial charge in [-0.25, -0.2) is 14.4 Å². The molecule has 1 fully saturated rings. The van der Waals surface area contributed by atoms with Crippen LogP contribution in [0.25, 0.3) is 11.3 Å². The summed E-state index contributed by atoms with van der Waals surface area (Å²) in [4.78, 5) is 25.1. The zero-order chi connectivity index (χ0) is 24.9. The van der Waals surface area contributed by atoms with Crippen molar-refractivity contribution in [3.05, 3.63) is 64.9 Å². The molecule has 1 saturated heterocycles. The van der Waals surface area contributed by atoms with Crippen LogP contribution in [0.1, 0.15) is 65.8 Å². The van der Waals surface area contributed by atoms with E-state index in [9.17, 15) is 9.18 Å². The second kappa shape index (κ2) is 11.0. The molecule has 0 saturated carbocycles. The van der Waals surface area contributed by atoms with Gasteiger partial charge in [0.1, 0.15) is 11.5 Å². The van der Waals surface area contributed by atoms with Crippen LogP contribution in [-0.2, 0) is 4.74 Å². The summed E-state index contributed by atoms with van der Waals surface area (Å²) in [6.07, 6.45) is 5.34. The van der Waals surface area contributed by atoms with Crippen molar-refractivity contribution in [2.45, 2.75) is 51.6 Å². The molecule has 3 heterocycles. The summed E-state index contributed by atoms with van der Waals surface area (Å²) in [7, 11) is 0. The minimum absolute atomic E-state index is 0.145. The summed E-state index contributed by atoms with van der Waals surface area (Å²) in [5.41, 5.74) is 10.2. The fourth-order valence-corrected chi connectivity index (χ4v) is 4.18. The number of ether oxygens (including phenoxy) is 1. The Morgan fingerprint density at radius 2 is 1.97 bits per heavy atom. The standard InChI is InChI=1S/C26H33FN6O2/c1-15(2)17-8-18(10-20(27)9-17)23(12-28)32-25(34)22-11-19(14-29-22)24-16(3)13-30-26(33-24)31-21-4-6-35-7-5-21/h8-11,13-15,21,23,29H,4-7,12,28H2,1-3H3,(H,32,34)(H,30,31,33)/t23-/m1/s1. The number of hydrogen-bond donors (Lipinski definition) is 4. The second-order valence-electron chi connectivity index (χ2n) is 9.29. The van der Waals surface area contributed by atoms with Crippen LogP contribution in [0.3, 0.4) is 0 Å². The summed E-state index contributed by atoms with van der Waals surface area (Å²) in [6, 6.07) is 6.33. The number of H-pyrrole nitrogens is 1. The normalized spacial score (nSPS) is 15.3. The molecule has 0 unspecified atom stereocenters. The smallest absolute Gasteiger partial charge is 0.268 e. The van der Waals surface area contributed by atoms with Crippen LogP contribution in [-0.4, -0.2) is 46.7 Å². The van der Waals surface area contributed by atoms with E-state index in [1.807, 2.05) is 26.8 Å². The first kappa shape index (κ1) is 24.8. The molecule has 4 rings (SSSR count). The monoisotopic (exact) mass is 480 g/mol. The molecule has 0 aliphatic carbocycles. The summed E-state index contributed by atoms with van der Waals surface area (Å²) >= 11 is 0. The Morgan fingerprint density at radius 3 is 2.69 bits per heavy atom. The number of carbonyl (C=O) groups excluding carboxylic acids is 1. The first-order valence-electron chi connectivity index (χ1n) is 12.0. The molecule has 1 amide bonds. The van der Waals surface area contributed by atoms with Gasteiger partial charge in [0.25, 0.3) is 5.91 Å². The third-order valence-corrected chi connectivity index (χ3v) is 6.28. The molecule has 1 aliphatic rings.